The third kappa shape index (κ3) is 4.58. The van der Waals surface area contributed by atoms with E-state index >= 15 is 0 Å². The van der Waals surface area contributed by atoms with Gasteiger partial charge in [-0.25, -0.2) is 0 Å². The molecule has 2 saturated heterocycles. The summed E-state index contributed by atoms with van der Waals surface area (Å²) in [6.45, 7) is 5.67. The molecule has 0 aromatic heterocycles. The summed E-state index contributed by atoms with van der Waals surface area (Å²) < 4.78 is 0. The fraction of sp³-hybridized carbons (Fsp3) is 0.692. The second kappa shape index (κ2) is 9.92. The maximum atomic E-state index is 14.0. The Hall–Kier alpha value is -1.92. The molecule has 1 unspecified atom stereocenters. The average Bonchev–Trinajstić information content (AvgIpc) is 3.39. The number of amides is 2. The summed E-state index contributed by atoms with van der Waals surface area (Å²) in [6, 6.07) is 10.9. The number of benzene rings is 1. The molecule has 3 aliphatic rings. The standard InChI is InChI=1S/C26H40N4O2/c1-26(28-2,25(27)32)23(20-11-7-4-8-12-20)24(31)30-16-14-21-17-29(18-22(21)30)15-13-19-9-5-3-6-10-19/h3,5-6,9-10,20-23,28H,4,7-8,11-18H2,1-2H3,(H2,27,32)/t21-,22+,23+,26?/m0/s1. The summed E-state index contributed by atoms with van der Waals surface area (Å²) in [5, 5.41) is 3.15. The molecule has 0 bridgehead atoms. The SMILES string of the molecule is CNC(C)(C(N)=O)[C@@H](C(=O)N1CC[C@H]2CN(CCc3ccccc3)C[C@H]21)C1CCCCC1. The van der Waals surface area contributed by atoms with Crippen molar-refractivity contribution in [1.29, 1.82) is 0 Å². The Balaban J connectivity index is 1.47. The predicted molar refractivity (Wildman–Crippen MR) is 127 cm³/mol. The van der Waals surface area contributed by atoms with Gasteiger partial charge in [0.15, 0.2) is 0 Å². The molecule has 6 nitrogen and oxygen atoms in total. The smallest absolute Gasteiger partial charge is 0.238 e. The van der Waals surface area contributed by atoms with E-state index in [0.29, 0.717) is 5.92 Å². The van der Waals surface area contributed by atoms with Crippen LogP contribution in [0.2, 0.25) is 0 Å². The number of nitrogens with two attached hydrogens (primary N) is 1. The van der Waals surface area contributed by atoms with Crippen LogP contribution >= 0.6 is 0 Å². The van der Waals surface area contributed by atoms with E-state index < -0.39 is 11.4 Å². The summed E-state index contributed by atoms with van der Waals surface area (Å²) in [7, 11) is 1.77. The molecule has 1 aromatic carbocycles. The largest absolute Gasteiger partial charge is 0.368 e. The van der Waals surface area contributed by atoms with Gasteiger partial charge in [0.05, 0.1) is 5.92 Å². The minimum absolute atomic E-state index is 0.143. The minimum Gasteiger partial charge on any atom is -0.368 e. The fourth-order valence-corrected chi connectivity index (χ4v) is 6.44. The Morgan fingerprint density at radius 3 is 2.50 bits per heavy atom. The van der Waals surface area contributed by atoms with E-state index in [1.165, 1.54) is 12.0 Å². The molecule has 3 fully saturated rings. The maximum absolute atomic E-state index is 14.0. The van der Waals surface area contributed by atoms with Crippen molar-refractivity contribution in [2.75, 3.05) is 33.2 Å². The molecule has 4 atom stereocenters. The number of likely N-dealkylation sites (N-methyl/N-ethyl adjacent to an activating group) is 1. The Morgan fingerprint density at radius 1 is 1.12 bits per heavy atom. The van der Waals surface area contributed by atoms with Crippen LogP contribution in [0.25, 0.3) is 0 Å². The number of primary amides is 1. The fourth-order valence-electron chi connectivity index (χ4n) is 6.44. The van der Waals surface area contributed by atoms with Crippen molar-refractivity contribution in [2.24, 2.45) is 23.5 Å². The number of fused-ring (bicyclic) bond motifs is 1. The Kier molecular flexibility index (Phi) is 7.21. The van der Waals surface area contributed by atoms with Gasteiger partial charge in [0.1, 0.15) is 5.54 Å². The number of likely N-dealkylation sites (tertiary alicyclic amines) is 2. The van der Waals surface area contributed by atoms with E-state index in [0.717, 1.165) is 64.7 Å². The number of carbonyl (C=O) groups is 2. The van der Waals surface area contributed by atoms with Gasteiger partial charge in [0.2, 0.25) is 11.8 Å². The monoisotopic (exact) mass is 440 g/mol. The number of carbonyl (C=O) groups excluding carboxylic acids is 2. The zero-order chi connectivity index (χ0) is 22.7. The van der Waals surface area contributed by atoms with Gasteiger partial charge in [-0.05, 0) is 57.1 Å². The third-order valence-electron chi connectivity index (χ3n) is 8.51. The molecule has 1 aliphatic carbocycles. The van der Waals surface area contributed by atoms with E-state index in [2.05, 4.69) is 45.4 Å². The molecule has 2 amide bonds. The van der Waals surface area contributed by atoms with E-state index in [-0.39, 0.29) is 23.8 Å². The number of nitrogens with one attached hydrogen (secondary N) is 1. The predicted octanol–water partition coefficient (Wildman–Crippen LogP) is 2.42. The van der Waals surface area contributed by atoms with Gasteiger partial charge in [0.25, 0.3) is 0 Å². The van der Waals surface area contributed by atoms with Crippen LogP contribution < -0.4 is 11.1 Å². The first kappa shape index (κ1) is 23.2. The average molecular weight is 441 g/mol. The van der Waals surface area contributed by atoms with E-state index in [9.17, 15) is 9.59 Å². The lowest BCUT2D eigenvalue weighted by Crippen LogP contribution is -2.63. The third-order valence-corrected chi connectivity index (χ3v) is 8.51. The molecular weight excluding hydrogens is 400 g/mol. The van der Waals surface area contributed by atoms with Crippen molar-refractivity contribution < 1.29 is 9.59 Å². The van der Waals surface area contributed by atoms with Crippen LogP contribution in [0.4, 0.5) is 0 Å². The molecule has 2 heterocycles. The lowest BCUT2D eigenvalue weighted by molar-refractivity contribution is -0.147. The van der Waals surface area contributed by atoms with Crippen molar-refractivity contribution >= 4 is 11.8 Å². The number of hydrogen-bond acceptors (Lipinski definition) is 4. The molecule has 1 saturated carbocycles. The lowest BCUT2D eigenvalue weighted by atomic mass is 9.69. The van der Waals surface area contributed by atoms with Crippen LogP contribution in [0.3, 0.4) is 0 Å². The molecule has 176 valence electrons. The summed E-state index contributed by atoms with van der Waals surface area (Å²) in [5.74, 6) is 0.0925. The van der Waals surface area contributed by atoms with Crippen molar-refractivity contribution in [2.45, 2.75) is 63.5 Å². The lowest BCUT2D eigenvalue weighted by Gasteiger charge is -2.42. The van der Waals surface area contributed by atoms with Gasteiger partial charge in [-0.1, -0.05) is 49.6 Å². The second-order valence-electron chi connectivity index (χ2n) is 10.3. The molecule has 32 heavy (non-hydrogen) atoms. The molecule has 2 aliphatic heterocycles. The van der Waals surface area contributed by atoms with Crippen LogP contribution in [-0.2, 0) is 16.0 Å². The van der Waals surface area contributed by atoms with Crippen LogP contribution in [0.1, 0.15) is 51.0 Å². The normalized spacial score (nSPS) is 27.1. The van der Waals surface area contributed by atoms with Crippen molar-refractivity contribution in [3.05, 3.63) is 35.9 Å². The topological polar surface area (TPSA) is 78.7 Å². The molecule has 4 rings (SSSR count). The van der Waals surface area contributed by atoms with Gasteiger partial charge in [-0.3, -0.25) is 9.59 Å². The van der Waals surface area contributed by atoms with E-state index in [1.54, 1.807) is 7.05 Å². The second-order valence-corrected chi connectivity index (χ2v) is 10.3. The Labute approximate surface area is 192 Å². The van der Waals surface area contributed by atoms with Crippen LogP contribution in [0.15, 0.2) is 30.3 Å². The Bertz CT molecular complexity index is 794. The first-order valence-corrected chi connectivity index (χ1v) is 12.5. The zero-order valence-electron chi connectivity index (χ0n) is 19.8. The molecule has 0 spiro atoms. The van der Waals surface area contributed by atoms with Crippen molar-refractivity contribution in [3.8, 4) is 0 Å². The van der Waals surface area contributed by atoms with Crippen LogP contribution in [-0.4, -0.2) is 66.4 Å². The number of nitrogens with zero attached hydrogens (tertiary/aromatic N) is 2. The Morgan fingerprint density at radius 2 is 1.84 bits per heavy atom. The molecule has 3 N–H and O–H groups in total. The van der Waals surface area contributed by atoms with Gasteiger partial charge in [0, 0.05) is 32.2 Å². The van der Waals surface area contributed by atoms with Crippen molar-refractivity contribution in [3.63, 3.8) is 0 Å². The zero-order valence-corrected chi connectivity index (χ0v) is 19.8. The summed E-state index contributed by atoms with van der Waals surface area (Å²) >= 11 is 0. The summed E-state index contributed by atoms with van der Waals surface area (Å²) in [6.07, 6.45) is 7.59. The highest BCUT2D eigenvalue weighted by molar-refractivity contribution is 5.93. The molecular formula is C26H40N4O2. The van der Waals surface area contributed by atoms with Crippen LogP contribution in [0, 0.1) is 17.8 Å². The van der Waals surface area contributed by atoms with Gasteiger partial charge < -0.3 is 20.9 Å². The van der Waals surface area contributed by atoms with Crippen LogP contribution in [0.5, 0.6) is 0 Å². The highest BCUT2D eigenvalue weighted by Crippen LogP contribution is 2.40. The van der Waals surface area contributed by atoms with Gasteiger partial charge in [-0.15, -0.1) is 0 Å². The number of rotatable bonds is 8. The van der Waals surface area contributed by atoms with Crippen molar-refractivity contribution in [1.82, 2.24) is 15.1 Å². The van der Waals surface area contributed by atoms with Gasteiger partial charge in [-0.2, -0.15) is 0 Å². The summed E-state index contributed by atoms with van der Waals surface area (Å²) in [5.41, 5.74) is 6.22. The highest BCUT2D eigenvalue weighted by atomic mass is 16.2. The van der Waals surface area contributed by atoms with E-state index in [4.69, 9.17) is 5.73 Å². The molecule has 1 aromatic rings. The number of hydrogen-bond donors (Lipinski definition) is 2. The maximum Gasteiger partial charge on any atom is 0.238 e. The first-order valence-electron chi connectivity index (χ1n) is 12.5. The summed E-state index contributed by atoms with van der Waals surface area (Å²) in [4.78, 5) is 31.2. The quantitative estimate of drug-likeness (QED) is 0.651. The minimum atomic E-state index is -1.01. The molecule has 6 heteroatoms. The first-order chi connectivity index (χ1) is 15.4. The van der Waals surface area contributed by atoms with Gasteiger partial charge >= 0.3 is 0 Å². The van der Waals surface area contributed by atoms with E-state index in [1.807, 2.05) is 6.92 Å². The highest BCUT2D eigenvalue weighted by Gasteiger charge is 2.52. The molecule has 0 radical (unpaired) electrons.